The predicted octanol–water partition coefficient (Wildman–Crippen LogP) is 3.67. The Labute approximate surface area is 120 Å². The molecule has 0 aromatic carbocycles. The lowest BCUT2D eigenvalue weighted by molar-refractivity contribution is 0.0211. The fourth-order valence-electron chi connectivity index (χ4n) is 4.13. The Morgan fingerprint density at radius 3 is 2.47 bits per heavy atom. The van der Waals surface area contributed by atoms with Crippen LogP contribution in [0.4, 0.5) is 0 Å². The average Bonchev–Trinajstić information content (AvgIpc) is 2.82. The Morgan fingerprint density at radius 2 is 1.89 bits per heavy atom. The summed E-state index contributed by atoms with van der Waals surface area (Å²) in [6.07, 6.45) is 8.42. The molecule has 1 heterocycles. The summed E-state index contributed by atoms with van der Waals surface area (Å²) in [5, 5.41) is 3.84. The highest BCUT2D eigenvalue weighted by molar-refractivity contribution is 5.02. The summed E-state index contributed by atoms with van der Waals surface area (Å²) in [5.41, 5.74) is 0.507. The Bertz CT molecular complexity index is 268. The van der Waals surface area contributed by atoms with Crippen molar-refractivity contribution in [2.24, 2.45) is 11.8 Å². The third-order valence-electron chi connectivity index (χ3n) is 5.43. The molecule has 1 saturated heterocycles. The lowest BCUT2D eigenvalue weighted by atomic mass is 9.87. The fraction of sp³-hybridized carbons (Fsp3) is 1.00. The molecule has 0 bridgehead atoms. The lowest BCUT2D eigenvalue weighted by Gasteiger charge is -2.50. The average molecular weight is 266 g/mol. The van der Waals surface area contributed by atoms with Crippen molar-refractivity contribution >= 4 is 0 Å². The molecule has 2 nitrogen and oxygen atoms in total. The molecule has 1 aliphatic carbocycles. The van der Waals surface area contributed by atoms with Crippen LogP contribution in [0.2, 0.25) is 0 Å². The Morgan fingerprint density at radius 1 is 1.21 bits per heavy atom. The molecule has 0 aromatic rings. The van der Waals surface area contributed by atoms with E-state index in [1.54, 1.807) is 0 Å². The molecule has 2 heteroatoms. The SMILES string of the molecule is CCCC(C)CN1CC(C(C)C)NCC12CCCC2. The maximum Gasteiger partial charge on any atom is 0.0334 e. The van der Waals surface area contributed by atoms with Crippen LogP contribution in [-0.4, -0.2) is 36.1 Å². The quantitative estimate of drug-likeness (QED) is 0.817. The van der Waals surface area contributed by atoms with E-state index in [4.69, 9.17) is 0 Å². The first-order chi connectivity index (χ1) is 9.07. The van der Waals surface area contributed by atoms with Gasteiger partial charge in [0, 0.05) is 31.2 Å². The molecular formula is C17H34N2. The first kappa shape index (κ1) is 15.3. The molecule has 0 amide bonds. The van der Waals surface area contributed by atoms with Crippen LogP contribution in [0.15, 0.2) is 0 Å². The second-order valence-corrected chi connectivity index (χ2v) is 7.46. The summed E-state index contributed by atoms with van der Waals surface area (Å²) in [7, 11) is 0. The van der Waals surface area contributed by atoms with Gasteiger partial charge in [-0.25, -0.2) is 0 Å². The van der Waals surface area contributed by atoms with Crippen LogP contribution in [0.3, 0.4) is 0 Å². The fourth-order valence-corrected chi connectivity index (χ4v) is 4.13. The van der Waals surface area contributed by atoms with Gasteiger partial charge in [0.15, 0.2) is 0 Å². The molecule has 1 spiro atoms. The predicted molar refractivity (Wildman–Crippen MR) is 83.5 cm³/mol. The van der Waals surface area contributed by atoms with Gasteiger partial charge >= 0.3 is 0 Å². The minimum Gasteiger partial charge on any atom is -0.311 e. The van der Waals surface area contributed by atoms with E-state index in [1.807, 2.05) is 0 Å². The maximum absolute atomic E-state index is 3.84. The zero-order chi connectivity index (χ0) is 13.9. The number of rotatable bonds is 5. The second kappa shape index (κ2) is 6.58. The van der Waals surface area contributed by atoms with Gasteiger partial charge in [-0.05, 0) is 31.1 Å². The third-order valence-corrected chi connectivity index (χ3v) is 5.43. The molecule has 2 aliphatic rings. The van der Waals surface area contributed by atoms with Crippen molar-refractivity contribution in [3.8, 4) is 0 Å². The van der Waals surface area contributed by atoms with Crippen LogP contribution < -0.4 is 5.32 Å². The van der Waals surface area contributed by atoms with E-state index in [1.165, 1.54) is 58.2 Å². The van der Waals surface area contributed by atoms with Gasteiger partial charge < -0.3 is 5.32 Å². The van der Waals surface area contributed by atoms with Crippen LogP contribution in [0, 0.1) is 11.8 Å². The van der Waals surface area contributed by atoms with E-state index in [0.717, 1.165) is 11.8 Å². The Hall–Kier alpha value is -0.0800. The molecule has 19 heavy (non-hydrogen) atoms. The summed E-state index contributed by atoms with van der Waals surface area (Å²) in [6.45, 7) is 13.3. The van der Waals surface area contributed by atoms with E-state index in [9.17, 15) is 0 Å². The maximum atomic E-state index is 3.84. The summed E-state index contributed by atoms with van der Waals surface area (Å²) in [4.78, 5) is 2.88. The third kappa shape index (κ3) is 3.52. The molecule has 2 unspecified atom stereocenters. The molecule has 1 saturated carbocycles. The number of hydrogen-bond acceptors (Lipinski definition) is 2. The van der Waals surface area contributed by atoms with Crippen molar-refractivity contribution in [2.45, 2.75) is 77.8 Å². The lowest BCUT2D eigenvalue weighted by Crippen LogP contribution is -2.65. The van der Waals surface area contributed by atoms with E-state index in [2.05, 4.69) is 37.9 Å². The van der Waals surface area contributed by atoms with Crippen molar-refractivity contribution in [2.75, 3.05) is 19.6 Å². The normalized spacial score (nSPS) is 29.2. The van der Waals surface area contributed by atoms with Crippen LogP contribution in [0.25, 0.3) is 0 Å². The van der Waals surface area contributed by atoms with Gasteiger partial charge in [-0.3, -0.25) is 4.90 Å². The van der Waals surface area contributed by atoms with Gasteiger partial charge in [0.25, 0.3) is 0 Å². The van der Waals surface area contributed by atoms with Crippen LogP contribution in [0.1, 0.15) is 66.2 Å². The number of piperazine rings is 1. The van der Waals surface area contributed by atoms with Crippen LogP contribution in [0.5, 0.6) is 0 Å². The molecule has 0 radical (unpaired) electrons. The zero-order valence-electron chi connectivity index (χ0n) is 13.5. The monoisotopic (exact) mass is 266 g/mol. The second-order valence-electron chi connectivity index (χ2n) is 7.46. The smallest absolute Gasteiger partial charge is 0.0334 e. The topological polar surface area (TPSA) is 15.3 Å². The minimum atomic E-state index is 0.507. The van der Waals surface area contributed by atoms with Gasteiger partial charge in [-0.15, -0.1) is 0 Å². The molecule has 0 aromatic heterocycles. The first-order valence-electron chi connectivity index (χ1n) is 8.56. The van der Waals surface area contributed by atoms with E-state index in [0.29, 0.717) is 11.6 Å². The van der Waals surface area contributed by atoms with Crippen molar-refractivity contribution in [1.29, 1.82) is 0 Å². The summed E-state index contributed by atoms with van der Waals surface area (Å²) < 4.78 is 0. The molecule has 1 aliphatic heterocycles. The Balaban J connectivity index is 2.02. The van der Waals surface area contributed by atoms with Crippen molar-refractivity contribution in [3.05, 3.63) is 0 Å². The highest BCUT2D eigenvalue weighted by Gasteiger charge is 2.43. The van der Waals surface area contributed by atoms with E-state index in [-0.39, 0.29) is 0 Å². The number of hydrogen-bond donors (Lipinski definition) is 1. The van der Waals surface area contributed by atoms with Gasteiger partial charge in [0.2, 0.25) is 0 Å². The molecule has 2 fully saturated rings. The van der Waals surface area contributed by atoms with Crippen LogP contribution in [-0.2, 0) is 0 Å². The Kier molecular flexibility index (Phi) is 5.30. The summed E-state index contributed by atoms with van der Waals surface area (Å²) in [5.74, 6) is 1.61. The van der Waals surface area contributed by atoms with Crippen LogP contribution >= 0.6 is 0 Å². The first-order valence-corrected chi connectivity index (χ1v) is 8.56. The molecule has 112 valence electrons. The number of nitrogens with zero attached hydrogens (tertiary/aromatic N) is 1. The highest BCUT2D eigenvalue weighted by atomic mass is 15.3. The molecule has 2 rings (SSSR count). The minimum absolute atomic E-state index is 0.507. The van der Waals surface area contributed by atoms with Gasteiger partial charge in [-0.2, -0.15) is 0 Å². The van der Waals surface area contributed by atoms with Crippen molar-refractivity contribution < 1.29 is 0 Å². The highest BCUT2D eigenvalue weighted by Crippen LogP contribution is 2.38. The largest absolute Gasteiger partial charge is 0.311 e. The summed E-state index contributed by atoms with van der Waals surface area (Å²) in [6, 6.07) is 0.694. The van der Waals surface area contributed by atoms with E-state index < -0.39 is 0 Å². The summed E-state index contributed by atoms with van der Waals surface area (Å²) >= 11 is 0. The van der Waals surface area contributed by atoms with Crippen molar-refractivity contribution in [3.63, 3.8) is 0 Å². The molecule has 2 atom stereocenters. The van der Waals surface area contributed by atoms with Crippen molar-refractivity contribution in [1.82, 2.24) is 10.2 Å². The van der Waals surface area contributed by atoms with Gasteiger partial charge in [0.1, 0.15) is 0 Å². The molecule has 1 N–H and O–H groups in total. The molecular weight excluding hydrogens is 232 g/mol. The standard InChI is InChI=1S/C17H34N2/c1-5-8-15(4)11-19-12-16(14(2)3)18-13-17(19)9-6-7-10-17/h14-16,18H,5-13H2,1-4H3. The van der Waals surface area contributed by atoms with E-state index >= 15 is 0 Å². The zero-order valence-corrected chi connectivity index (χ0v) is 13.5. The number of nitrogens with one attached hydrogen (secondary N) is 1. The van der Waals surface area contributed by atoms with Gasteiger partial charge in [0.05, 0.1) is 0 Å². The van der Waals surface area contributed by atoms with Gasteiger partial charge in [-0.1, -0.05) is 47.0 Å².